The van der Waals surface area contributed by atoms with Gasteiger partial charge in [-0.15, -0.1) is 11.3 Å². The molecule has 106 valence electrons. The molecule has 1 N–H and O–H groups in total. The SMILES string of the molecule is O=C(O)[C@@H]1CCN1S(=O)(=O)c1ccc(C(F)(F)F)s1. The quantitative estimate of drug-likeness (QED) is 0.919. The molecular formula is C9H8F3NO4S2. The van der Waals surface area contributed by atoms with Crippen LogP contribution in [0.1, 0.15) is 11.3 Å². The van der Waals surface area contributed by atoms with Gasteiger partial charge >= 0.3 is 12.1 Å². The van der Waals surface area contributed by atoms with Crippen molar-refractivity contribution >= 4 is 27.3 Å². The van der Waals surface area contributed by atoms with E-state index in [1.165, 1.54) is 0 Å². The average molecular weight is 315 g/mol. The lowest BCUT2D eigenvalue weighted by Crippen LogP contribution is -2.54. The largest absolute Gasteiger partial charge is 0.480 e. The second kappa shape index (κ2) is 4.46. The Kier molecular flexibility index (Phi) is 3.35. The Balaban J connectivity index is 2.31. The number of hydrogen-bond acceptors (Lipinski definition) is 4. The van der Waals surface area contributed by atoms with E-state index < -0.39 is 37.3 Å². The van der Waals surface area contributed by atoms with E-state index in [4.69, 9.17) is 5.11 Å². The summed E-state index contributed by atoms with van der Waals surface area (Å²) in [5.41, 5.74) is 0. The van der Waals surface area contributed by atoms with Crippen LogP contribution in [0.25, 0.3) is 0 Å². The Morgan fingerprint density at radius 2 is 2.05 bits per heavy atom. The predicted molar refractivity (Wildman–Crippen MR) is 59.3 cm³/mol. The van der Waals surface area contributed by atoms with Crippen molar-refractivity contribution in [3.8, 4) is 0 Å². The molecule has 1 fully saturated rings. The van der Waals surface area contributed by atoms with Crippen molar-refractivity contribution < 1.29 is 31.5 Å². The molecule has 0 spiro atoms. The van der Waals surface area contributed by atoms with Crippen molar-refractivity contribution in [2.45, 2.75) is 22.8 Å². The summed E-state index contributed by atoms with van der Waals surface area (Å²) < 4.78 is 61.3. The number of thiophene rings is 1. The van der Waals surface area contributed by atoms with Gasteiger partial charge in [-0.3, -0.25) is 4.79 Å². The lowest BCUT2D eigenvalue weighted by molar-refractivity contribution is -0.144. The summed E-state index contributed by atoms with van der Waals surface area (Å²) in [6, 6.07) is 0.328. The molecule has 19 heavy (non-hydrogen) atoms. The van der Waals surface area contributed by atoms with Crippen LogP contribution < -0.4 is 0 Å². The molecule has 5 nitrogen and oxygen atoms in total. The fraction of sp³-hybridized carbons (Fsp3) is 0.444. The normalized spacial score (nSPS) is 21.1. The average Bonchev–Trinajstić information content (AvgIpc) is 2.61. The van der Waals surface area contributed by atoms with Gasteiger partial charge in [-0.25, -0.2) is 8.42 Å². The van der Waals surface area contributed by atoms with E-state index in [1.54, 1.807) is 0 Å². The summed E-state index contributed by atoms with van der Waals surface area (Å²) in [5, 5.41) is 8.77. The summed E-state index contributed by atoms with van der Waals surface area (Å²) in [5.74, 6) is -1.30. The lowest BCUT2D eigenvalue weighted by atomic mass is 10.1. The van der Waals surface area contributed by atoms with E-state index in [2.05, 4.69) is 0 Å². The van der Waals surface area contributed by atoms with Crippen LogP contribution >= 0.6 is 11.3 Å². The van der Waals surface area contributed by atoms with E-state index >= 15 is 0 Å². The van der Waals surface area contributed by atoms with Crippen molar-refractivity contribution in [3.63, 3.8) is 0 Å². The second-order valence-corrected chi connectivity index (χ2v) is 7.08. The highest BCUT2D eigenvalue weighted by Crippen LogP contribution is 2.38. The number of carboxylic acids is 1. The number of sulfonamides is 1. The molecule has 0 saturated carbocycles. The van der Waals surface area contributed by atoms with Gasteiger partial charge in [-0.2, -0.15) is 17.5 Å². The first-order valence-corrected chi connectivity index (χ1v) is 7.31. The molecular weight excluding hydrogens is 307 g/mol. The molecule has 1 saturated heterocycles. The van der Waals surface area contributed by atoms with Crippen LogP contribution in [-0.4, -0.2) is 36.4 Å². The molecule has 0 amide bonds. The Morgan fingerprint density at radius 3 is 2.42 bits per heavy atom. The summed E-state index contributed by atoms with van der Waals surface area (Å²) >= 11 is 0.0905. The molecule has 2 heterocycles. The molecule has 0 aliphatic carbocycles. The molecule has 0 aromatic carbocycles. The fourth-order valence-corrected chi connectivity index (χ4v) is 4.55. The Labute approximate surface area is 110 Å². The smallest absolute Gasteiger partial charge is 0.425 e. The van der Waals surface area contributed by atoms with Gasteiger partial charge in [0, 0.05) is 6.54 Å². The van der Waals surface area contributed by atoms with E-state index in [9.17, 15) is 26.4 Å². The number of nitrogens with zero attached hydrogens (tertiary/aromatic N) is 1. The monoisotopic (exact) mass is 315 g/mol. The lowest BCUT2D eigenvalue weighted by Gasteiger charge is -2.35. The molecule has 0 unspecified atom stereocenters. The molecule has 0 radical (unpaired) electrons. The minimum atomic E-state index is -4.61. The maximum absolute atomic E-state index is 12.4. The van der Waals surface area contributed by atoms with E-state index in [-0.39, 0.29) is 24.3 Å². The number of aliphatic carboxylic acids is 1. The van der Waals surface area contributed by atoms with Crippen LogP contribution in [0.2, 0.25) is 0 Å². The third-order valence-electron chi connectivity index (χ3n) is 2.68. The maximum atomic E-state index is 12.4. The number of rotatable bonds is 3. The maximum Gasteiger partial charge on any atom is 0.425 e. The number of carboxylic acid groups (broad SMARTS) is 1. The molecule has 2 rings (SSSR count). The fourth-order valence-electron chi connectivity index (χ4n) is 1.62. The van der Waals surface area contributed by atoms with Gasteiger partial charge in [0.05, 0.1) is 0 Å². The van der Waals surface area contributed by atoms with Crippen molar-refractivity contribution in [3.05, 3.63) is 17.0 Å². The zero-order valence-electron chi connectivity index (χ0n) is 9.22. The first-order valence-electron chi connectivity index (χ1n) is 5.05. The van der Waals surface area contributed by atoms with Crippen LogP contribution in [-0.2, 0) is 21.0 Å². The zero-order valence-corrected chi connectivity index (χ0v) is 10.8. The minimum absolute atomic E-state index is 0.00144. The molecule has 1 aliphatic heterocycles. The number of hydrogen-bond donors (Lipinski definition) is 1. The third kappa shape index (κ3) is 2.47. The van der Waals surface area contributed by atoms with Gasteiger partial charge in [0.25, 0.3) is 10.0 Å². The molecule has 1 aliphatic rings. The summed E-state index contributed by atoms with van der Waals surface area (Å²) in [4.78, 5) is 9.72. The van der Waals surface area contributed by atoms with Gasteiger partial charge in [0.1, 0.15) is 15.1 Å². The van der Waals surface area contributed by atoms with Gasteiger partial charge in [-0.1, -0.05) is 0 Å². The molecule has 0 bridgehead atoms. The second-order valence-electron chi connectivity index (χ2n) is 3.87. The molecule has 1 aromatic rings. The first kappa shape index (κ1) is 14.3. The van der Waals surface area contributed by atoms with Crippen LogP contribution in [0.5, 0.6) is 0 Å². The van der Waals surface area contributed by atoms with E-state index in [0.29, 0.717) is 10.4 Å². The van der Waals surface area contributed by atoms with Gasteiger partial charge in [0.2, 0.25) is 0 Å². The van der Waals surface area contributed by atoms with Crippen molar-refractivity contribution in [1.82, 2.24) is 4.31 Å². The van der Waals surface area contributed by atoms with Crippen molar-refractivity contribution in [2.75, 3.05) is 6.54 Å². The van der Waals surface area contributed by atoms with Crippen LogP contribution in [0.4, 0.5) is 13.2 Å². The highest BCUT2D eigenvalue weighted by atomic mass is 32.2. The van der Waals surface area contributed by atoms with Gasteiger partial charge in [-0.05, 0) is 18.6 Å². The highest BCUT2D eigenvalue weighted by molar-refractivity contribution is 7.91. The Morgan fingerprint density at radius 1 is 1.42 bits per heavy atom. The van der Waals surface area contributed by atoms with E-state index in [1.807, 2.05) is 0 Å². The summed E-state index contributed by atoms with van der Waals surface area (Å²) in [6.07, 6.45) is -4.45. The molecule has 1 aromatic heterocycles. The van der Waals surface area contributed by atoms with Crippen LogP contribution in [0.3, 0.4) is 0 Å². The number of alkyl halides is 3. The predicted octanol–water partition coefficient (Wildman–Crippen LogP) is 1.61. The van der Waals surface area contributed by atoms with Crippen molar-refractivity contribution in [2.24, 2.45) is 0 Å². The summed E-state index contributed by atoms with van der Waals surface area (Å²) in [6.45, 7) is -0.00144. The summed E-state index contributed by atoms with van der Waals surface area (Å²) in [7, 11) is -4.16. The van der Waals surface area contributed by atoms with Gasteiger partial charge < -0.3 is 5.11 Å². The van der Waals surface area contributed by atoms with E-state index in [0.717, 1.165) is 6.07 Å². The number of halogens is 3. The topological polar surface area (TPSA) is 74.7 Å². The first-order chi connectivity index (χ1) is 8.64. The van der Waals surface area contributed by atoms with Gasteiger partial charge in [0.15, 0.2) is 0 Å². The number of carbonyl (C=O) groups is 1. The standard InChI is InChI=1S/C9H8F3NO4S2/c10-9(11,12)6-1-2-7(18-6)19(16,17)13-4-3-5(13)8(14)15/h1-2,5H,3-4H2,(H,14,15)/t5-/m0/s1. The van der Waals surface area contributed by atoms with Crippen molar-refractivity contribution in [1.29, 1.82) is 0 Å². The molecule has 1 atom stereocenters. The third-order valence-corrected chi connectivity index (χ3v) is 6.18. The Hall–Kier alpha value is -1.13. The highest BCUT2D eigenvalue weighted by Gasteiger charge is 2.44. The molecule has 10 heteroatoms. The zero-order chi connectivity index (χ0) is 14.4. The van der Waals surface area contributed by atoms with Crippen LogP contribution in [0, 0.1) is 0 Å². The Bertz CT molecular complexity index is 607. The van der Waals surface area contributed by atoms with Crippen LogP contribution in [0.15, 0.2) is 16.3 Å². The minimum Gasteiger partial charge on any atom is -0.480 e.